The van der Waals surface area contributed by atoms with Gasteiger partial charge in [0.2, 0.25) is 0 Å². The zero-order valence-electron chi connectivity index (χ0n) is 10.9. The highest BCUT2D eigenvalue weighted by atomic mass is 79.9. The van der Waals surface area contributed by atoms with Crippen LogP contribution in [0.5, 0.6) is 5.75 Å². The van der Waals surface area contributed by atoms with Crippen LogP contribution in [0, 0.1) is 6.92 Å². The van der Waals surface area contributed by atoms with Crippen LogP contribution in [0.2, 0.25) is 0 Å². The van der Waals surface area contributed by atoms with E-state index in [9.17, 15) is 9.59 Å². The summed E-state index contributed by atoms with van der Waals surface area (Å²) in [5.41, 5.74) is 0.270. The number of carbonyl (C=O) groups excluding carboxylic acids is 2. The quantitative estimate of drug-likeness (QED) is 0.319. The number of hydrogen-bond donors (Lipinski definition) is 0. The topological polar surface area (TPSA) is 56.5 Å². The average molecular weight is 414 g/mol. The van der Waals surface area contributed by atoms with E-state index in [0.29, 0.717) is 21.0 Å². The van der Waals surface area contributed by atoms with Crippen LogP contribution in [-0.4, -0.2) is 12.3 Å². The summed E-state index contributed by atoms with van der Waals surface area (Å²) in [7, 11) is 0. The largest absolute Gasteiger partial charge is 0.462 e. The second-order valence-electron chi connectivity index (χ2n) is 4.13. The minimum Gasteiger partial charge on any atom is -0.462 e. The van der Waals surface area contributed by atoms with E-state index in [1.807, 2.05) is 6.92 Å². The monoisotopic (exact) mass is 412 g/mol. The number of esters is 1. The van der Waals surface area contributed by atoms with Gasteiger partial charge in [-0.15, -0.1) is 0 Å². The van der Waals surface area contributed by atoms with Crippen LogP contribution < -0.4 is 4.74 Å². The SMILES string of the molecule is Cc1ccc(/C=C/C(=O)Oc2c(Br)cc(Br)cc2C=O)o1. The molecule has 1 heterocycles. The first-order valence-electron chi connectivity index (χ1n) is 5.90. The maximum atomic E-state index is 11.8. The van der Waals surface area contributed by atoms with Gasteiger partial charge in [-0.05, 0) is 53.2 Å². The fourth-order valence-electron chi connectivity index (χ4n) is 1.60. The van der Waals surface area contributed by atoms with Gasteiger partial charge in [0.15, 0.2) is 12.0 Å². The van der Waals surface area contributed by atoms with Gasteiger partial charge in [-0.1, -0.05) is 15.9 Å². The molecule has 0 aliphatic carbocycles. The van der Waals surface area contributed by atoms with Crippen LogP contribution >= 0.6 is 31.9 Å². The molecule has 0 aliphatic heterocycles. The Labute approximate surface area is 138 Å². The molecule has 2 rings (SSSR count). The average Bonchev–Trinajstić information content (AvgIpc) is 2.85. The lowest BCUT2D eigenvalue weighted by Gasteiger charge is -2.07. The van der Waals surface area contributed by atoms with E-state index >= 15 is 0 Å². The Morgan fingerprint density at radius 3 is 2.67 bits per heavy atom. The number of benzene rings is 1. The van der Waals surface area contributed by atoms with Gasteiger partial charge in [-0.2, -0.15) is 0 Å². The molecule has 0 bridgehead atoms. The van der Waals surface area contributed by atoms with E-state index in [1.54, 1.807) is 24.3 Å². The van der Waals surface area contributed by atoms with E-state index in [2.05, 4.69) is 31.9 Å². The van der Waals surface area contributed by atoms with Crippen molar-refractivity contribution in [2.75, 3.05) is 0 Å². The van der Waals surface area contributed by atoms with Gasteiger partial charge in [0.1, 0.15) is 11.5 Å². The summed E-state index contributed by atoms with van der Waals surface area (Å²) in [6.07, 6.45) is 3.36. The third-order valence-electron chi connectivity index (χ3n) is 2.51. The lowest BCUT2D eigenvalue weighted by molar-refractivity contribution is -0.128. The van der Waals surface area contributed by atoms with Gasteiger partial charge >= 0.3 is 5.97 Å². The zero-order valence-corrected chi connectivity index (χ0v) is 14.1. The predicted molar refractivity (Wildman–Crippen MR) is 85.3 cm³/mol. The Morgan fingerprint density at radius 1 is 1.29 bits per heavy atom. The van der Waals surface area contributed by atoms with Crippen LogP contribution in [0.1, 0.15) is 21.9 Å². The van der Waals surface area contributed by atoms with Crippen molar-refractivity contribution in [1.82, 2.24) is 0 Å². The van der Waals surface area contributed by atoms with Gasteiger partial charge in [-0.3, -0.25) is 4.79 Å². The molecule has 0 saturated carbocycles. The van der Waals surface area contributed by atoms with E-state index in [0.717, 1.165) is 5.76 Å². The van der Waals surface area contributed by atoms with E-state index < -0.39 is 5.97 Å². The third kappa shape index (κ3) is 4.15. The summed E-state index contributed by atoms with van der Waals surface area (Å²) in [4.78, 5) is 22.8. The molecule has 0 radical (unpaired) electrons. The highest BCUT2D eigenvalue weighted by Gasteiger charge is 2.12. The Bertz CT molecular complexity index is 716. The summed E-state index contributed by atoms with van der Waals surface area (Å²) < 4.78 is 11.7. The highest BCUT2D eigenvalue weighted by Crippen LogP contribution is 2.32. The molecule has 0 unspecified atom stereocenters. The smallest absolute Gasteiger partial charge is 0.336 e. The number of rotatable bonds is 4. The van der Waals surface area contributed by atoms with Crippen LogP contribution in [0.4, 0.5) is 0 Å². The molecule has 4 nitrogen and oxygen atoms in total. The molecule has 0 aliphatic rings. The van der Waals surface area contributed by atoms with Crippen molar-refractivity contribution in [3.05, 3.63) is 56.4 Å². The van der Waals surface area contributed by atoms with Gasteiger partial charge in [0.25, 0.3) is 0 Å². The minimum absolute atomic E-state index is 0.179. The van der Waals surface area contributed by atoms with Crippen molar-refractivity contribution in [1.29, 1.82) is 0 Å². The summed E-state index contributed by atoms with van der Waals surface area (Å²) in [5.74, 6) is 0.880. The molecule has 0 N–H and O–H groups in total. The highest BCUT2D eigenvalue weighted by molar-refractivity contribution is 9.11. The number of ether oxygens (including phenoxy) is 1. The molecule has 0 amide bonds. The van der Waals surface area contributed by atoms with Crippen LogP contribution in [0.3, 0.4) is 0 Å². The van der Waals surface area contributed by atoms with Crippen LogP contribution in [-0.2, 0) is 4.79 Å². The summed E-state index contributed by atoms with van der Waals surface area (Å²) in [5, 5.41) is 0. The van der Waals surface area contributed by atoms with Gasteiger partial charge in [0.05, 0.1) is 10.0 Å². The van der Waals surface area contributed by atoms with Crippen molar-refractivity contribution in [3.63, 3.8) is 0 Å². The molecule has 0 atom stereocenters. The zero-order chi connectivity index (χ0) is 15.4. The van der Waals surface area contributed by atoms with E-state index in [-0.39, 0.29) is 11.3 Å². The fourth-order valence-corrected chi connectivity index (χ4v) is 2.94. The van der Waals surface area contributed by atoms with E-state index in [1.165, 1.54) is 12.2 Å². The number of halogens is 2. The van der Waals surface area contributed by atoms with Gasteiger partial charge < -0.3 is 9.15 Å². The molecule has 1 aromatic heterocycles. The van der Waals surface area contributed by atoms with Crippen molar-refractivity contribution < 1.29 is 18.7 Å². The normalized spacial score (nSPS) is 10.8. The first-order valence-corrected chi connectivity index (χ1v) is 7.49. The predicted octanol–water partition coefficient (Wildman–Crippen LogP) is 4.54. The second-order valence-corrected chi connectivity index (χ2v) is 5.90. The Hall–Kier alpha value is -1.66. The number of furan rings is 1. The number of aryl methyl sites for hydroxylation is 1. The van der Waals surface area contributed by atoms with Gasteiger partial charge in [0, 0.05) is 10.5 Å². The molecule has 1 aromatic carbocycles. The lowest BCUT2D eigenvalue weighted by Crippen LogP contribution is -2.06. The van der Waals surface area contributed by atoms with E-state index in [4.69, 9.17) is 9.15 Å². The molecular weight excluding hydrogens is 404 g/mol. The van der Waals surface area contributed by atoms with Gasteiger partial charge in [-0.25, -0.2) is 4.79 Å². The summed E-state index contributed by atoms with van der Waals surface area (Å²) >= 11 is 6.52. The van der Waals surface area contributed by atoms with Crippen molar-refractivity contribution in [3.8, 4) is 5.75 Å². The Kier molecular flexibility index (Phi) is 5.14. The molecule has 21 heavy (non-hydrogen) atoms. The lowest BCUT2D eigenvalue weighted by atomic mass is 10.2. The number of aldehydes is 1. The third-order valence-corrected chi connectivity index (χ3v) is 3.56. The fraction of sp³-hybridized carbons (Fsp3) is 0.0667. The maximum absolute atomic E-state index is 11.8. The molecule has 2 aromatic rings. The maximum Gasteiger partial charge on any atom is 0.336 e. The Balaban J connectivity index is 2.16. The molecule has 108 valence electrons. The molecule has 0 saturated heterocycles. The number of hydrogen-bond acceptors (Lipinski definition) is 4. The van der Waals surface area contributed by atoms with Crippen LogP contribution in [0.25, 0.3) is 6.08 Å². The van der Waals surface area contributed by atoms with Crippen molar-refractivity contribution in [2.24, 2.45) is 0 Å². The Morgan fingerprint density at radius 2 is 2.05 bits per heavy atom. The minimum atomic E-state index is -0.602. The summed E-state index contributed by atoms with van der Waals surface area (Å²) in [6.45, 7) is 1.81. The molecule has 6 heteroatoms. The first-order chi connectivity index (χ1) is 9.99. The van der Waals surface area contributed by atoms with Crippen molar-refractivity contribution in [2.45, 2.75) is 6.92 Å². The van der Waals surface area contributed by atoms with Crippen molar-refractivity contribution >= 4 is 50.2 Å². The van der Waals surface area contributed by atoms with Crippen LogP contribution in [0.15, 0.2) is 43.7 Å². The second kappa shape index (κ2) is 6.87. The standard InChI is InChI=1S/C15H10Br2O4/c1-9-2-3-12(20-9)4-5-14(19)21-15-10(8-18)6-11(16)7-13(15)17/h2-8H,1H3/b5-4+. The first kappa shape index (κ1) is 15.7. The molecular formula is C15H10Br2O4. The molecule has 0 fully saturated rings. The number of carbonyl (C=O) groups is 2. The molecule has 0 spiro atoms. The summed E-state index contributed by atoms with van der Waals surface area (Å²) in [6, 6.07) is 6.79.